The molecule has 4 fully saturated rings. The quantitative estimate of drug-likeness (QED) is 0.687. The van der Waals surface area contributed by atoms with E-state index in [1.807, 2.05) is 0 Å². The molecule has 0 radical (unpaired) electrons. The molecule has 0 atom stereocenters. The monoisotopic (exact) mass is 313 g/mol. The Morgan fingerprint density at radius 1 is 1.09 bits per heavy atom. The van der Waals surface area contributed by atoms with Gasteiger partial charge in [0.05, 0.1) is 4.92 Å². The number of benzene rings is 1. The Morgan fingerprint density at radius 2 is 1.70 bits per heavy atom. The summed E-state index contributed by atoms with van der Waals surface area (Å²) < 4.78 is 0. The van der Waals surface area contributed by atoms with Crippen LogP contribution in [0.25, 0.3) is 0 Å². The Bertz CT molecular complexity index is 668. The summed E-state index contributed by atoms with van der Waals surface area (Å²) in [5.74, 6) is 2.16. The van der Waals surface area contributed by atoms with Crippen molar-refractivity contribution in [1.29, 1.82) is 0 Å². The molecule has 1 amide bonds. The number of hydrogen-bond acceptors (Lipinski definition) is 4. The number of nitrogens with one attached hydrogen (secondary N) is 1. The third kappa shape index (κ3) is 2.52. The van der Waals surface area contributed by atoms with Crippen molar-refractivity contribution >= 4 is 17.3 Å². The van der Waals surface area contributed by atoms with Gasteiger partial charge in [-0.05, 0) is 61.8 Å². The van der Waals surface area contributed by atoms with Crippen molar-refractivity contribution in [3.05, 3.63) is 39.9 Å². The van der Waals surface area contributed by atoms with Crippen LogP contribution in [0.3, 0.4) is 0 Å². The number of carbonyl (C=O) groups is 1. The van der Waals surface area contributed by atoms with Gasteiger partial charge in [0.25, 0.3) is 11.6 Å². The van der Waals surface area contributed by atoms with Gasteiger partial charge in [-0.25, -0.2) is 5.43 Å². The maximum atomic E-state index is 12.3. The molecule has 1 N–H and O–H groups in total. The summed E-state index contributed by atoms with van der Waals surface area (Å²) in [4.78, 5) is 22.8. The zero-order valence-corrected chi connectivity index (χ0v) is 12.8. The standard InChI is InChI=1S/C17H19N3O3/c21-17(14-3-1-2-4-15(14)20(22)23)19-18-16-12-6-10-5-11(8-12)9-13(16)7-10/h1-4,10-13H,5-9H2,(H,19,21). The highest BCUT2D eigenvalue weighted by atomic mass is 16.6. The highest BCUT2D eigenvalue weighted by molar-refractivity contribution is 5.99. The molecule has 1 aromatic carbocycles. The third-order valence-electron chi connectivity index (χ3n) is 5.61. The van der Waals surface area contributed by atoms with Crippen molar-refractivity contribution in [1.82, 2.24) is 5.43 Å². The molecule has 4 aliphatic rings. The average Bonchev–Trinajstić information content (AvgIpc) is 2.53. The van der Waals surface area contributed by atoms with Gasteiger partial charge in [-0.1, -0.05) is 12.1 Å². The van der Waals surface area contributed by atoms with Crippen molar-refractivity contribution in [3.8, 4) is 0 Å². The highest BCUT2D eigenvalue weighted by Gasteiger charge is 2.46. The molecular formula is C17H19N3O3. The van der Waals surface area contributed by atoms with Crippen molar-refractivity contribution < 1.29 is 9.72 Å². The number of para-hydroxylation sites is 1. The lowest BCUT2D eigenvalue weighted by Gasteiger charge is -2.50. The van der Waals surface area contributed by atoms with Crippen LogP contribution in [-0.2, 0) is 0 Å². The van der Waals surface area contributed by atoms with Crippen molar-refractivity contribution in [2.75, 3.05) is 0 Å². The first-order valence-corrected chi connectivity index (χ1v) is 8.23. The number of hydrazone groups is 1. The third-order valence-corrected chi connectivity index (χ3v) is 5.61. The first-order valence-electron chi connectivity index (χ1n) is 8.23. The zero-order valence-electron chi connectivity index (χ0n) is 12.8. The lowest BCUT2D eigenvalue weighted by molar-refractivity contribution is -0.385. The Balaban J connectivity index is 1.53. The van der Waals surface area contributed by atoms with Gasteiger partial charge in [0, 0.05) is 11.8 Å². The van der Waals surface area contributed by atoms with Gasteiger partial charge in [0.1, 0.15) is 5.56 Å². The number of nitrogens with zero attached hydrogens (tertiary/aromatic N) is 2. The number of nitro benzene ring substituents is 1. The minimum atomic E-state index is -0.537. The maximum absolute atomic E-state index is 12.3. The fourth-order valence-electron chi connectivity index (χ4n) is 4.85. The molecule has 4 bridgehead atoms. The first-order chi connectivity index (χ1) is 11.1. The Kier molecular flexibility index (Phi) is 3.39. The molecule has 5 rings (SSSR count). The van der Waals surface area contributed by atoms with Crippen LogP contribution in [0.1, 0.15) is 42.5 Å². The van der Waals surface area contributed by atoms with Gasteiger partial charge < -0.3 is 0 Å². The highest BCUT2D eigenvalue weighted by Crippen LogP contribution is 2.52. The van der Waals surface area contributed by atoms with Crippen LogP contribution < -0.4 is 5.43 Å². The second-order valence-corrected chi connectivity index (χ2v) is 7.06. The summed E-state index contributed by atoms with van der Waals surface area (Å²) in [6.45, 7) is 0. The minimum absolute atomic E-state index is 0.0608. The van der Waals surface area contributed by atoms with Crippen molar-refractivity contribution in [2.45, 2.75) is 32.1 Å². The van der Waals surface area contributed by atoms with E-state index in [4.69, 9.17) is 0 Å². The van der Waals surface area contributed by atoms with E-state index in [-0.39, 0.29) is 11.3 Å². The van der Waals surface area contributed by atoms with E-state index in [2.05, 4.69) is 10.5 Å². The molecule has 120 valence electrons. The molecule has 1 aromatic rings. The molecule has 0 aliphatic heterocycles. The zero-order chi connectivity index (χ0) is 16.0. The molecule has 4 aliphatic carbocycles. The van der Waals surface area contributed by atoms with E-state index in [1.54, 1.807) is 12.1 Å². The van der Waals surface area contributed by atoms with Crippen LogP contribution in [0.4, 0.5) is 5.69 Å². The van der Waals surface area contributed by atoms with Gasteiger partial charge >= 0.3 is 0 Å². The molecule has 0 unspecified atom stereocenters. The molecule has 0 spiro atoms. The normalized spacial score (nSPS) is 31.0. The predicted octanol–water partition coefficient (Wildman–Crippen LogP) is 3.14. The summed E-state index contributed by atoms with van der Waals surface area (Å²) in [7, 11) is 0. The Labute approximate surface area is 134 Å². The van der Waals surface area contributed by atoms with Gasteiger partial charge in [-0.2, -0.15) is 5.10 Å². The Morgan fingerprint density at radius 3 is 2.30 bits per heavy atom. The number of rotatable bonds is 3. The number of amides is 1. The summed E-state index contributed by atoms with van der Waals surface area (Å²) in [6.07, 6.45) is 6.11. The van der Waals surface area contributed by atoms with E-state index in [0.29, 0.717) is 11.8 Å². The number of hydrogen-bond donors (Lipinski definition) is 1. The molecule has 0 saturated heterocycles. The van der Waals surface area contributed by atoms with Crippen molar-refractivity contribution in [3.63, 3.8) is 0 Å². The molecule has 4 saturated carbocycles. The fourth-order valence-corrected chi connectivity index (χ4v) is 4.85. The Hall–Kier alpha value is -2.24. The fraction of sp³-hybridized carbons (Fsp3) is 0.529. The second-order valence-electron chi connectivity index (χ2n) is 7.06. The molecular weight excluding hydrogens is 294 g/mol. The second kappa shape index (κ2) is 5.44. The van der Waals surface area contributed by atoms with Crippen LogP contribution in [0.5, 0.6) is 0 Å². The molecule has 0 aromatic heterocycles. The summed E-state index contributed by atoms with van der Waals surface area (Å²) in [5.41, 5.74) is 3.56. The molecule has 23 heavy (non-hydrogen) atoms. The van der Waals surface area contributed by atoms with Crippen molar-refractivity contribution in [2.24, 2.45) is 28.8 Å². The van der Waals surface area contributed by atoms with Gasteiger partial charge in [-0.3, -0.25) is 14.9 Å². The smallest absolute Gasteiger partial charge is 0.267 e. The van der Waals surface area contributed by atoms with Crippen LogP contribution in [0.15, 0.2) is 29.4 Å². The summed E-state index contributed by atoms with van der Waals surface area (Å²) in [6, 6.07) is 5.98. The van der Waals surface area contributed by atoms with E-state index in [0.717, 1.165) is 17.5 Å². The molecule has 6 nitrogen and oxygen atoms in total. The van der Waals surface area contributed by atoms with Crippen LogP contribution in [-0.4, -0.2) is 16.5 Å². The largest absolute Gasteiger partial charge is 0.282 e. The predicted molar refractivity (Wildman–Crippen MR) is 85.0 cm³/mol. The summed E-state index contributed by atoms with van der Waals surface area (Å²) in [5, 5.41) is 15.4. The van der Waals surface area contributed by atoms with Crippen LogP contribution in [0.2, 0.25) is 0 Å². The first kappa shape index (κ1) is 14.4. The average molecular weight is 313 g/mol. The van der Waals surface area contributed by atoms with Gasteiger partial charge in [0.2, 0.25) is 0 Å². The maximum Gasteiger partial charge on any atom is 0.282 e. The SMILES string of the molecule is O=C(NN=C1C2CC3CC(C2)CC1C3)c1ccccc1[N+](=O)[O-]. The number of carbonyl (C=O) groups excluding carboxylic acids is 1. The van der Waals surface area contributed by atoms with E-state index in [9.17, 15) is 14.9 Å². The van der Waals surface area contributed by atoms with Crippen LogP contribution >= 0.6 is 0 Å². The molecule has 6 heteroatoms. The minimum Gasteiger partial charge on any atom is -0.267 e. The van der Waals surface area contributed by atoms with E-state index < -0.39 is 10.8 Å². The van der Waals surface area contributed by atoms with E-state index in [1.165, 1.54) is 44.2 Å². The van der Waals surface area contributed by atoms with Gasteiger partial charge in [0.15, 0.2) is 0 Å². The summed E-state index contributed by atoms with van der Waals surface area (Å²) >= 11 is 0. The lowest BCUT2D eigenvalue weighted by Crippen LogP contribution is -2.46. The van der Waals surface area contributed by atoms with Crippen LogP contribution in [0, 0.1) is 33.8 Å². The lowest BCUT2D eigenvalue weighted by atomic mass is 9.55. The van der Waals surface area contributed by atoms with Gasteiger partial charge in [-0.15, -0.1) is 0 Å². The molecule has 0 heterocycles. The van der Waals surface area contributed by atoms with E-state index >= 15 is 0 Å². The number of nitro groups is 1. The topological polar surface area (TPSA) is 84.6 Å².